The maximum absolute atomic E-state index is 12.1. The number of carbonyl (C=O) groups excluding carboxylic acids is 1. The number of carbonyl (C=O) groups is 1. The molecule has 1 amide bonds. The number of hydrogen-bond donors (Lipinski definition) is 3. The minimum Gasteiger partial charge on any atom is -0.508 e. The molecule has 4 N–H and O–H groups in total. The van der Waals surface area contributed by atoms with Crippen molar-refractivity contribution in [2.75, 3.05) is 5.32 Å². The number of benzene rings is 1. The number of amides is 1. The second-order valence-corrected chi connectivity index (χ2v) is 5.22. The van der Waals surface area contributed by atoms with Crippen LogP contribution in [-0.2, 0) is 11.2 Å². The molecule has 6 nitrogen and oxygen atoms in total. The summed E-state index contributed by atoms with van der Waals surface area (Å²) in [5.74, 6) is 0.569. The van der Waals surface area contributed by atoms with Gasteiger partial charge in [0.15, 0.2) is 0 Å². The molecule has 0 saturated heterocycles. The van der Waals surface area contributed by atoms with Crippen LogP contribution in [0.4, 0.5) is 5.82 Å². The first-order chi connectivity index (χ1) is 9.97. The molecule has 0 spiro atoms. The Bertz CT molecular complexity index is 604. The predicted molar refractivity (Wildman–Crippen MR) is 81.0 cm³/mol. The number of nitrogens with one attached hydrogen (secondary N) is 1. The van der Waals surface area contributed by atoms with Gasteiger partial charge >= 0.3 is 0 Å². The summed E-state index contributed by atoms with van der Waals surface area (Å²) in [4.78, 5) is 12.1. The third-order valence-corrected chi connectivity index (χ3v) is 3.14. The van der Waals surface area contributed by atoms with E-state index >= 15 is 0 Å². The molecule has 0 radical (unpaired) electrons. The summed E-state index contributed by atoms with van der Waals surface area (Å²) < 4.78 is 1.73. The molecule has 2 rings (SSSR count). The minimum absolute atomic E-state index is 0.156. The Kier molecular flexibility index (Phi) is 4.59. The summed E-state index contributed by atoms with van der Waals surface area (Å²) in [5, 5.41) is 16.2. The predicted octanol–water partition coefficient (Wildman–Crippen LogP) is 1.68. The van der Waals surface area contributed by atoms with Crippen molar-refractivity contribution < 1.29 is 9.90 Å². The van der Waals surface area contributed by atoms with E-state index in [0.717, 1.165) is 5.56 Å². The maximum Gasteiger partial charge on any atom is 0.242 e. The van der Waals surface area contributed by atoms with Crippen LogP contribution in [0.1, 0.15) is 25.5 Å². The largest absolute Gasteiger partial charge is 0.508 e. The number of phenols is 1. The van der Waals surface area contributed by atoms with Gasteiger partial charge in [-0.05, 0) is 38.0 Å². The Morgan fingerprint density at radius 3 is 2.62 bits per heavy atom. The number of nitrogens with two attached hydrogens (primary N) is 1. The molecule has 1 atom stereocenters. The normalized spacial score (nSPS) is 12.4. The van der Waals surface area contributed by atoms with E-state index in [2.05, 4.69) is 10.4 Å². The van der Waals surface area contributed by atoms with Gasteiger partial charge in [0.1, 0.15) is 11.6 Å². The molecule has 0 aliphatic heterocycles. The van der Waals surface area contributed by atoms with Crippen molar-refractivity contribution in [1.82, 2.24) is 9.78 Å². The Balaban J connectivity index is 1.99. The van der Waals surface area contributed by atoms with Crippen LogP contribution in [-0.4, -0.2) is 26.8 Å². The lowest BCUT2D eigenvalue weighted by atomic mass is 10.1. The van der Waals surface area contributed by atoms with E-state index in [4.69, 9.17) is 5.73 Å². The van der Waals surface area contributed by atoms with Crippen LogP contribution in [0.5, 0.6) is 5.75 Å². The SMILES string of the molecule is CC(C)n1nccc1NC(=O)[C@@H](N)Cc1ccc(O)cc1. The lowest BCUT2D eigenvalue weighted by Crippen LogP contribution is -2.38. The first-order valence-corrected chi connectivity index (χ1v) is 6.85. The van der Waals surface area contributed by atoms with Crippen molar-refractivity contribution in [3.63, 3.8) is 0 Å². The van der Waals surface area contributed by atoms with Crippen molar-refractivity contribution in [2.24, 2.45) is 5.73 Å². The summed E-state index contributed by atoms with van der Waals surface area (Å²) in [7, 11) is 0. The highest BCUT2D eigenvalue weighted by Crippen LogP contribution is 2.14. The number of rotatable bonds is 5. The lowest BCUT2D eigenvalue weighted by Gasteiger charge is -2.15. The number of nitrogens with zero attached hydrogens (tertiary/aromatic N) is 2. The number of aromatic nitrogens is 2. The average molecular weight is 288 g/mol. The van der Waals surface area contributed by atoms with Gasteiger partial charge in [-0.25, -0.2) is 4.68 Å². The molecule has 1 aromatic heterocycles. The summed E-state index contributed by atoms with van der Waals surface area (Å²) >= 11 is 0. The van der Waals surface area contributed by atoms with Gasteiger partial charge in [-0.3, -0.25) is 4.79 Å². The van der Waals surface area contributed by atoms with Crippen LogP contribution < -0.4 is 11.1 Å². The van der Waals surface area contributed by atoms with Crippen molar-refractivity contribution in [3.05, 3.63) is 42.1 Å². The standard InChI is InChI=1S/C15H20N4O2/c1-10(2)19-14(7-8-17-19)18-15(21)13(16)9-11-3-5-12(20)6-4-11/h3-8,10,13,20H,9,16H2,1-2H3,(H,18,21)/t13-/m0/s1. The van der Waals surface area contributed by atoms with E-state index in [1.54, 1.807) is 41.2 Å². The topological polar surface area (TPSA) is 93.2 Å². The Labute approximate surface area is 123 Å². The Morgan fingerprint density at radius 1 is 1.33 bits per heavy atom. The number of hydrogen-bond acceptors (Lipinski definition) is 4. The van der Waals surface area contributed by atoms with Crippen LogP contribution in [0.15, 0.2) is 36.5 Å². The van der Waals surface area contributed by atoms with Gasteiger partial charge in [0.25, 0.3) is 0 Å². The third kappa shape index (κ3) is 3.82. The van der Waals surface area contributed by atoms with Crippen molar-refractivity contribution in [2.45, 2.75) is 32.4 Å². The van der Waals surface area contributed by atoms with Gasteiger partial charge in [-0.15, -0.1) is 0 Å². The quantitative estimate of drug-likeness (QED) is 0.780. The molecular formula is C15H20N4O2. The molecule has 2 aromatic rings. The van der Waals surface area contributed by atoms with Crippen LogP contribution in [0.3, 0.4) is 0 Å². The second kappa shape index (κ2) is 6.41. The van der Waals surface area contributed by atoms with Crippen molar-refractivity contribution in [3.8, 4) is 5.75 Å². The fourth-order valence-corrected chi connectivity index (χ4v) is 2.02. The zero-order valence-electron chi connectivity index (χ0n) is 12.2. The van der Waals surface area contributed by atoms with Crippen LogP contribution in [0.2, 0.25) is 0 Å². The number of anilines is 1. The molecule has 0 aliphatic rings. The molecule has 1 aromatic carbocycles. The van der Waals surface area contributed by atoms with Crippen LogP contribution in [0, 0.1) is 0 Å². The zero-order chi connectivity index (χ0) is 15.4. The highest BCUT2D eigenvalue weighted by molar-refractivity contribution is 5.94. The van der Waals surface area contributed by atoms with Crippen LogP contribution >= 0.6 is 0 Å². The third-order valence-electron chi connectivity index (χ3n) is 3.14. The molecule has 112 valence electrons. The molecule has 0 unspecified atom stereocenters. The average Bonchev–Trinajstić information content (AvgIpc) is 2.89. The molecule has 1 heterocycles. The molecule has 0 saturated carbocycles. The van der Waals surface area contributed by atoms with Gasteiger partial charge < -0.3 is 16.2 Å². The van der Waals surface area contributed by atoms with Gasteiger partial charge in [-0.2, -0.15) is 5.10 Å². The zero-order valence-corrected chi connectivity index (χ0v) is 12.2. The number of aromatic hydroxyl groups is 1. The molecule has 0 fully saturated rings. The molecule has 21 heavy (non-hydrogen) atoms. The lowest BCUT2D eigenvalue weighted by molar-refractivity contribution is -0.117. The molecule has 0 bridgehead atoms. The fourth-order valence-electron chi connectivity index (χ4n) is 2.02. The van der Waals surface area contributed by atoms with E-state index in [1.807, 2.05) is 13.8 Å². The smallest absolute Gasteiger partial charge is 0.242 e. The monoisotopic (exact) mass is 288 g/mol. The van der Waals surface area contributed by atoms with Crippen molar-refractivity contribution in [1.29, 1.82) is 0 Å². The van der Waals surface area contributed by atoms with Gasteiger partial charge in [0.05, 0.1) is 12.2 Å². The van der Waals surface area contributed by atoms with E-state index < -0.39 is 6.04 Å². The van der Waals surface area contributed by atoms with Crippen LogP contribution in [0.25, 0.3) is 0 Å². The van der Waals surface area contributed by atoms with E-state index in [0.29, 0.717) is 12.2 Å². The van der Waals surface area contributed by atoms with Gasteiger partial charge in [-0.1, -0.05) is 12.1 Å². The first-order valence-electron chi connectivity index (χ1n) is 6.85. The van der Waals surface area contributed by atoms with E-state index in [9.17, 15) is 9.90 Å². The Hall–Kier alpha value is -2.34. The van der Waals surface area contributed by atoms with E-state index in [-0.39, 0.29) is 17.7 Å². The highest BCUT2D eigenvalue weighted by Gasteiger charge is 2.16. The second-order valence-electron chi connectivity index (χ2n) is 5.22. The Morgan fingerprint density at radius 2 is 2.00 bits per heavy atom. The molecule has 0 aliphatic carbocycles. The summed E-state index contributed by atoms with van der Waals surface area (Å²) in [6.45, 7) is 3.97. The minimum atomic E-state index is -0.662. The van der Waals surface area contributed by atoms with Crippen molar-refractivity contribution >= 4 is 11.7 Å². The fraction of sp³-hybridized carbons (Fsp3) is 0.333. The van der Waals surface area contributed by atoms with E-state index in [1.165, 1.54) is 0 Å². The summed E-state index contributed by atoms with van der Waals surface area (Å²) in [6.07, 6.45) is 2.04. The highest BCUT2D eigenvalue weighted by atomic mass is 16.3. The van der Waals surface area contributed by atoms with Gasteiger partial charge in [0.2, 0.25) is 5.91 Å². The maximum atomic E-state index is 12.1. The summed E-state index contributed by atoms with van der Waals surface area (Å²) in [6, 6.07) is 7.89. The number of phenolic OH excluding ortho intramolecular Hbond substituents is 1. The summed E-state index contributed by atoms with van der Waals surface area (Å²) in [5.41, 5.74) is 6.82. The van der Waals surface area contributed by atoms with Gasteiger partial charge in [0, 0.05) is 12.1 Å². The molecular weight excluding hydrogens is 268 g/mol. The molecule has 6 heteroatoms. The first kappa shape index (κ1) is 15.1.